The van der Waals surface area contributed by atoms with Crippen LogP contribution >= 0.6 is 0 Å². The van der Waals surface area contributed by atoms with E-state index in [9.17, 15) is 13.2 Å². The highest BCUT2D eigenvalue weighted by atomic mass is 19.3. The Hall–Kier alpha value is -3.69. The average Bonchev–Trinajstić information content (AvgIpc) is 3.35. The molecule has 1 aliphatic heterocycles. The minimum absolute atomic E-state index is 0.145. The predicted octanol–water partition coefficient (Wildman–Crippen LogP) is 4.83. The van der Waals surface area contributed by atoms with Gasteiger partial charge in [-0.1, -0.05) is 18.2 Å². The number of aromatic amines is 1. The maximum Gasteiger partial charge on any atom is 0.266 e. The summed E-state index contributed by atoms with van der Waals surface area (Å²) in [7, 11) is 0. The Balaban J connectivity index is 1.49. The van der Waals surface area contributed by atoms with Crippen LogP contribution in [0.3, 0.4) is 0 Å². The zero-order valence-corrected chi connectivity index (χ0v) is 17.4. The Morgan fingerprint density at radius 1 is 1.16 bits per heavy atom. The number of aryl methyl sites for hydroxylation is 1. The van der Waals surface area contributed by atoms with Gasteiger partial charge in [-0.05, 0) is 19.9 Å². The van der Waals surface area contributed by atoms with Crippen molar-refractivity contribution in [3.63, 3.8) is 0 Å². The fraction of sp³-hybridized carbons (Fsp3) is 0.273. The highest BCUT2D eigenvalue weighted by molar-refractivity contribution is 5.90. The standard InChI is InChI=1S/C22H20F3N7/c1-11(14-4-3-5-15(20(14)23)21(24)25)28-22-16-6-19(26-8-17(16)29-12(2)30-22)32-9-13-7-27-31-18(13)10-32/h3-8,11,21H,9-10H2,1-2H3,(H,27,31)(H,28,29,30)/t11-/m1/s1. The molecule has 1 aromatic carbocycles. The zero-order valence-electron chi connectivity index (χ0n) is 17.4. The number of H-pyrrole nitrogens is 1. The number of nitrogens with zero attached hydrogens (tertiary/aromatic N) is 5. The van der Waals surface area contributed by atoms with E-state index in [4.69, 9.17) is 0 Å². The molecule has 32 heavy (non-hydrogen) atoms. The van der Waals surface area contributed by atoms with Crippen molar-refractivity contribution >= 4 is 22.5 Å². The first-order chi connectivity index (χ1) is 15.4. The Labute approximate surface area is 181 Å². The Morgan fingerprint density at radius 3 is 2.75 bits per heavy atom. The molecule has 0 aliphatic carbocycles. The lowest BCUT2D eigenvalue weighted by molar-refractivity contribution is 0.146. The second-order valence-electron chi connectivity index (χ2n) is 7.81. The molecule has 0 saturated heterocycles. The summed E-state index contributed by atoms with van der Waals surface area (Å²) in [6.07, 6.45) is 0.669. The van der Waals surface area contributed by atoms with Crippen molar-refractivity contribution in [2.75, 3.05) is 10.2 Å². The van der Waals surface area contributed by atoms with Crippen LogP contribution in [-0.2, 0) is 13.1 Å². The van der Waals surface area contributed by atoms with E-state index in [1.807, 2.05) is 12.3 Å². The number of halogens is 3. The molecule has 4 heterocycles. The summed E-state index contributed by atoms with van der Waals surface area (Å²) < 4.78 is 40.9. The fourth-order valence-corrected chi connectivity index (χ4v) is 4.00. The van der Waals surface area contributed by atoms with Gasteiger partial charge in [0.2, 0.25) is 0 Å². The van der Waals surface area contributed by atoms with Gasteiger partial charge in [0.05, 0.1) is 35.6 Å². The molecule has 1 aliphatic rings. The molecule has 0 unspecified atom stereocenters. The smallest absolute Gasteiger partial charge is 0.266 e. The highest BCUT2D eigenvalue weighted by Crippen LogP contribution is 2.32. The number of pyridine rings is 1. The van der Waals surface area contributed by atoms with Crippen molar-refractivity contribution in [1.82, 2.24) is 25.1 Å². The van der Waals surface area contributed by atoms with Crippen LogP contribution in [0, 0.1) is 12.7 Å². The topological polar surface area (TPSA) is 82.6 Å². The van der Waals surface area contributed by atoms with Gasteiger partial charge < -0.3 is 10.2 Å². The van der Waals surface area contributed by atoms with E-state index >= 15 is 0 Å². The lowest BCUT2D eigenvalue weighted by atomic mass is 10.0. The third-order valence-electron chi connectivity index (χ3n) is 5.63. The number of hydrogen-bond donors (Lipinski definition) is 2. The number of fused-ring (bicyclic) bond motifs is 2. The molecule has 10 heteroatoms. The molecule has 5 rings (SSSR count). The van der Waals surface area contributed by atoms with E-state index in [1.54, 1.807) is 20.0 Å². The summed E-state index contributed by atoms with van der Waals surface area (Å²) in [5, 5.41) is 11.0. The van der Waals surface area contributed by atoms with Gasteiger partial charge in [0.15, 0.2) is 0 Å². The Morgan fingerprint density at radius 2 is 1.97 bits per heavy atom. The summed E-state index contributed by atoms with van der Waals surface area (Å²) in [6, 6.07) is 5.30. The van der Waals surface area contributed by atoms with E-state index in [2.05, 4.69) is 35.4 Å². The maximum absolute atomic E-state index is 14.7. The van der Waals surface area contributed by atoms with Crippen molar-refractivity contribution in [2.24, 2.45) is 0 Å². The lowest BCUT2D eigenvalue weighted by Gasteiger charge is -2.20. The predicted molar refractivity (Wildman–Crippen MR) is 114 cm³/mol. The van der Waals surface area contributed by atoms with Crippen LogP contribution in [0.25, 0.3) is 10.9 Å². The number of alkyl halides is 2. The van der Waals surface area contributed by atoms with E-state index in [1.165, 1.54) is 12.1 Å². The zero-order chi connectivity index (χ0) is 22.4. The monoisotopic (exact) mass is 439 g/mol. The van der Waals surface area contributed by atoms with Gasteiger partial charge in [-0.25, -0.2) is 28.1 Å². The summed E-state index contributed by atoms with van der Waals surface area (Å²) in [6.45, 7) is 4.77. The van der Waals surface area contributed by atoms with Gasteiger partial charge in [0.25, 0.3) is 6.43 Å². The minimum atomic E-state index is -2.88. The van der Waals surface area contributed by atoms with Gasteiger partial charge in [-0.3, -0.25) is 5.10 Å². The first-order valence-corrected chi connectivity index (χ1v) is 10.1. The first kappa shape index (κ1) is 20.2. The summed E-state index contributed by atoms with van der Waals surface area (Å²) in [5.74, 6) is 0.837. The van der Waals surface area contributed by atoms with Crippen LogP contribution in [0.4, 0.5) is 24.8 Å². The average molecular weight is 439 g/mol. The molecule has 0 bridgehead atoms. The minimum Gasteiger partial charge on any atom is -0.363 e. The van der Waals surface area contributed by atoms with Gasteiger partial charge in [0, 0.05) is 29.3 Å². The molecule has 0 amide bonds. The van der Waals surface area contributed by atoms with Crippen molar-refractivity contribution in [2.45, 2.75) is 39.4 Å². The second kappa shape index (κ2) is 7.77. The molecule has 7 nitrogen and oxygen atoms in total. The molecule has 164 valence electrons. The molecule has 0 fully saturated rings. The molecule has 3 aromatic heterocycles. The Bertz CT molecular complexity index is 1280. The van der Waals surface area contributed by atoms with Crippen molar-refractivity contribution in [3.8, 4) is 0 Å². The quantitative estimate of drug-likeness (QED) is 0.464. The lowest BCUT2D eigenvalue weighted by Crippen LogP contribution is -2.17. The maximum atomic E-state index is 14.7. The number of anilines is 2. The summed E-state index contributed by atoms with van der Waals surface area (Å²) >= 11 is 0. The van der Waals surface area contributed by atoms with Crippen LogP contribution in [0.15, 0.2) is 36.7 Å². The molecule has 4 aromatic rings. The van der Waals surface area contributed by atoms with E-state index in [0.717, 1.165) is 23.1 Å². The summed E-state index contributed by atoms with van der Waals surface area (Å²) in [5.41, 5.74) is 2.26. The van der Waals surface area contributed by atoms with Crippen LogP contribution in [0.1, 0.15) is 47.6 Å². The third-order valence-corrected chi connectivity index (χ3v) is 5.63. The van der Waals surface area contributed by atoms with Crippen LogP contribution in [-0.4, -0.2) is 25.1 Å². The van der Waals surface area contributed by atoms with Crippen LogP contribution < -0.4 is 10.2 Å². The Kier molecular flexibility index (Phi) is 4.91. The molecule has 2 N–H and O–H groups in total. The molecular weight excluding hydrogens is 419 g/mol. The highest BCUT2D eigenvalue weighted by Gasteiger charge is 2.24. The van der Waals surface area contributed by atoms with E-state index in [0.29, 0.717) is 35.6 Å². The molecule has 0 saturated carbocycles. The SMILES string of the molecule is Cc1nc(N[C@H](C)c2cccc(C(F)F)c2F)c2cc(N3Cc4c[nH]nc4C3)ncc2n1. The fourth-order valence-electron chi connectivity index (χ4n) is 4.00. The number of nitrogens with one attached hydrogen (secondary N) is 2. The second-order valence-corrected chi connectivity index (χ2v) is 7.81. The van der Waals surface area contributed by atoms with Gasteiger partial charge >= 0.3 is 0 Å². The van der Waals surface area contributed by atoms with Crippen molar-refractivity contribution < 1.29 is 13.2 Å². The number of benzene rings is 1. The summed E-state index contributed by atoms with van der Waals surface area (Å²) in [4.78, 5) is 15.6. The van der Waals surface area contributed by atoms with Crippen molar-refractivity contribution in [1.29, 1.82) is 0 Å². The molecular formula is C22H20F3N7. The van der Waals surface area contributed by atoms with Gasteiger partial charge in [0.1, 0.15) is 23.3 Å². The molecule has 0 spiro atoms. The number of hydrogen-bond acceptors (Lipinski definition) is 6. The number of rotatable bonds is 5. The third kappa shape index (κ3) is 3.51. The van der Waals surface area contributed by atoms with Crippen LogP contribution in [0.5, 0.6) is 0 Å². The van der Waals surface area contributed by atoms with Gasteiger partial charge in [-0.15, -0.1) is 0 Å². The van der Waals surface area contributed by atoms with Crippen LogP contribution in [0.2, 0.25) is 0 Å². The van der Waals surface area contributed by atoms with Gasteiger partial charge in [-0.2, -0.15) is 5.10 Å². The number of aromatic nitrogens is 5. The normalized spacial score (nSPS) is 14.2. The largest absolute Gasteiger partial charge is 0.363 e. The molecule has 0 radical (unpaired) electrons. The van der Waals surface area contributed by atoms with E-state index < -0.39 is 23.8 Å². The van der Waals surface area contributed by atoms with E-state index in [-0.39, 0.29) is 5.56 Å². The molecule has 1 atom stereocenters. The van der Waals surface area contributed by atoms with Crippen molar-refractivity contribution in [3.05, 3.63) is 70.7 Å². The first-order valence-electron chi connectivity index (χ1n) is 10.1.